The van der Waals surface area contributed by atoms with Crippen molar-refractivity contribution in [2.75, 3.05) is 11.9 Å². The van der Waals surface area contributed by atoms with Crippen LogP contribution in [0.3, 0.4) is 0 Å². The highest BCUT2D eigenvalue weighted by atomic mass is 79.9. The lowest BCUT2D eigenvalue weighted by molar-refractivity contribution is 0.0945. The first-order valence-electron chi connectivity index (χ1n) is 4.83. The summed E-state index contributed by atoms with van der Waals surface area (Å²) < 4.78 is 14.0. The average molecular weight is 353 g/mol. The maximum absolute atomic E-state index is 13.3. The van der Waals surface area contributed by atoms with Crippen LogP contribution in [0.25, 0.3) is 0 Å². The Morgan fingerprint density at radius 2 is 2.25 bits per heavy atom. The summed E-state index contributed by atoms with van der Waals surface area (Å²) in [5.41, 5.74) is 0.0659. The van der Waals surface area contributed by atoms with E-state index >= 15 is 0 Å². The normalized spacial score (nSPS) is 12.2. The smallest absolute Gasteiger partial charge is 0.254 e. The highest BCUT2D eigenvalue weighted by molar-refractivity contribution is 9.10. The molecule has 1 rings (SSSR count). The van der Waals surface area contributed by atoms with Crippen LogP contribution in [0.5, 0.6) is 0 Å². The van der Waals surface area contributed by atoms with Crippen LogP contribution in [0.1, 0.15) is 17.3 Å². The Hall–Kier alpha value is -0.420. The van der Waals surface area contributed by atoms with Crippen molar-refractivity contribution < 1.29 is 9.18 Å². The zero-order valence-corrected chi connectivity index (χ0v) is 11.9. The fourth-order valence-electron chi connectivity index (χ4n) is 1.09. The van der Waals surface area contributed by atoms with Gasteiger partial charge in [-0.3, -0.25) is 4.79 Å². The van der Waals surface area contributed by atoms with Gasteiger partial charge in [0.05, 0.1) is 5.56 Å². The fourth-order valence-corrected chi connectivity index (χ4v) is 1.68. The summed E-state index contributed by atoms with van der Waals surface area (Å²) in [7, 11) is 0. The molecule has 88 valence electrons. The number of halogens is 3. The van der Waals surface area contributed by atoms with E-state index in [1.54, 1.807) is 6.07 Å². The summed E-state index contributed by atoms with van der Waals surface area (Å²) in [6.45, 7) is 2.52. The lowest BCUT2D eigenvalue weighted by atomic mass is 10.2. The van der Waals surface area contributed by atoms with E-state index < -0.39 is 5.82 Å². The van der Waals surface area contributed by atoms with E-state index in [4.69, 9.17) is 0 Å². The zero-order chi connectivity index (χ0) is 12.1. The number of carbonyl (C=O) groups excluding carboxylic acids is 1. The van der Waals surface area contributed by atoms with Crippen molar-refractivity contribution >= 4 is 37.8 Å². The van der Waals surface area contributed by atoms with Gasteiger partial charge < -0.3 is 5.32 Å². The van der Waals surface area contributed by atoms with E-state index in [1.807, 2.05) is 6.92 Å². The van der Waals surface area contributed by atoms with Crippen molar-refractivity contribution in [1.29, 1.82) is 0 Å². The highest BCUT2D eigenvalue weighted by Crippen LogP contribution is 2.15. The number of carbonyl (C=O) groups is 1. The predicted octanol–water partition coefficient (Wildman–Crippen LogP) is 3.35. The Balaban J connectivity index is 2.69. The molecule has 0 aliphatic carbocycles. The Labute approximate surface area is 111 Å². The monoisotopic (exact) mass is 351 g/mol. The standard InChI is InChI=1S/C11H12Br2FNO/c1-7(5-12)6-15-11(16)9-4-8(13)2-3-10(9)14/h2-4,7H,5-6H2,1H3,(H,15,16). The molecule has 2 nitrogen and oxygen atoms in total. The number of amides is 1. The molecule has 0 heterocycles. The third-order valence-corrected chi connectivity index (χ3v) is 3.65. The molecule has 0 saturated heterocycles. The molecule has 0 aliphatic heterocycles. The summed E-state index contributed by atoms with van der Waals surface area (Å²) in [4.78, 5) is 11.7. The SMILES string of the molecule is CC(CBr)CNC(=O)c1cc(Br)ccc1F. The molecular weight excluding hydrogens is 341 g/mol. The van der Waals surface area contributed by atoms with Gasteiger partial charge in [0.2, 0.25) is 0 Å². The van der Waals surface area contributed by atoms with Crippen LogP contribution in [-0.2, 0) is 0 Å². The van der Waals surface area contributed by atoms with Crippen LogP contribution in [0.4, 0.5) is 4.39 Å². The van der Waals surface area contributed by atoms with Crippen molar-refractivity contribution in [2.24, 2.45) is 5.92 Å². The van der Waals surface area contributed by atoms with Crippen molar-refractivity contribution in [1.82, 2.24) is 5.32 Å². The molecule has 1 atom stereocenters. The van der Waals surface area contributed by atoms with Crippen molar-refractivity contribution in [3.63, 3.8) is 0 Å². The van der Waals surface area contributed by atoms with Crippen molar-refractivity contribution in [2.45, 2.75) is 6.92 Å². The molecule has 0 aromatic heterocycles. The lowest BCUT2D eigenvalue weighted by Crippen LogP contribution is -2.29. The van der Waals surface area contributed by atoms with E-state index in [2.05, 4.69) is 37.2 Å². The molecule has 0 spiro atoms. The molecule has 16 heavy (non-hydrogen) atoms. The van der Waals surface area contributed by atoms with Crippen LogP contribution >= 0.6 is 31.9 Å². The van der Waals surface area contributed by atoms with E-state index in [-0.39, 0.29) is 11.5 Å². The third-order valence-electron chi connectivity index (χ3n) is 2.05. The van der Waals surface area contributed by atoms with Gasteiger partial charge in [0.15, 0.2) is 0 Å². The molecule has 0 saturated carbocycles. The molecule has 0 fully saturated rings. The van der Waals surface area contributed by atoms with Crippen LogP contribution in [0, 0.1) is 11.7 Å². The number of nitrogens with one attached hydrogen (secondary N) is 1. The number of alkyl halides is 1. The summed E-state index contributed by atoms with van der Waals surface area (Å²) in [5, 5.41) is 3.49. The van der Waals surface area contributed by atoms with Gasteiger partial charge in [-0.25, -0.2) is 4.39 Å². The predicted molar refractivity (Wildman–Crippen MR) is 69.4 cm³/mol. The Morgan fingerprint density at radius 1 is 1.56 bits per heavy atom. The van der Waals surface area contributed by atoms with Gasteiger partial charge in [-0.05, 0) is 24.1 Å². The first-order valence-corrected chi connectivity index (χ1v) is 6.75. The van der Waals surface area contributed by atoms with Crippen molar-refractivity contribution in [3.05, 3.63) is 34.1 Å². The first-order chi connectivity index (χ1) is 7.54. The Morgan fingerprint density at radius 3 is 2.88 bits per heavy atom. The highest BCUT2D eigenvalue weighted by Gasteiger charge is 2.12. The second kappa shape index (κ2) is 6.35. The summed E-state index contributed by atoms with van der Waals surface area (Å²) >= 11 is 6.52. The molecule has 1 aromatic rings. The molecule has 1 aromatic carbocycles. The van der Waals surface area contributed by atoms with Gasteiger partial charge in [0.25, 0.3) is 5.91 Å². The van der Waals surface area contributed by atoms with Crippen LogP contribution in [0.15, 0.2) is 22.7 Å². The molecular formula is C11H12Br2FNO. The van der Waals surface area contributed by atoms with Crippen LogP contribution < -0.4 is 5.32 Å². The largest absolute Gasteiger partial charge is 0.352 e. The minimum Gasteiger partial charge on any atom is -0.352 e. The minimum absolute atomic E-state index is 0.0659. The van der Waals surface area contributed by atoms with Gasteiger partial charge in [-0.15, -0.1) is 0 Å². The molecule has 1 N–H and O–H groups in total. The minimum atomic E-state index is -0.507. The lowest BCUT2D eigenvalue weighted by Gasteiger charge is -2.10. The fraction of sp³-hybridized carbons (Fsp3) is 0.364. The van der Waals surface area contributed by atoms with E-state index in [1.165, 1.54) is 12.1 Å². The third kappa shape index (κ3) is 3.87. The summed E-state index contributed by atoms with van der Waals surface area (Å²) in [5.74, 6) is -0.571. The number of benzene rings is 1. The van der Waals surface area contributed by atoms with Crippen LogP contribution in [-0.4, -0.2) is 17.8 Å². The average Bonchev–Trinajstić information content (AvgIpc) is 2.28. The van der Waals surface area contributed by atoms with Crippen LogP contribution in [0.2, 0.25) is 0 Å². The Bertz CT molecular complexity index is 384. The summed E-state index contributed by atoms with van der Waals surface area (Å²) in [6, 6.07) is 4.31. The molecule has 1 amide bonds. The Kier molecular flexibility index (Phi) is 5.41. The molecule has 0 bridgehead atoms. The number of rotatable bonds is 4. The van der Waals surface area contributed by atoms with Gasteiger partial charge in [0.1, 0.15) is 5.82 Å². The second-order valence-corrected chi connectivity index (χ2v) is 5.16. The molecule has 1 unspecified atom stereocenters. The number of hydrogen-bond donors (Lipinski definition) is 1. The quantitative estimate of drug-likeness (QED) is 0.827. The van der Waals surface area contributed by atoms with E-state index in [0.29, 0.717) is 16.9 Å². The first kappa shape index (κ1) is 13.6. The zero-order valence-electron chi connectivity index (χ0n) is 8.77. The van der Waals surface area contributed by atoms with E-state index in [0.717, 1.165) is 5.33 Å². The molecule has 0 radical (unpaired) electrons. The van der Waals surface area contributed by atoms with Gasteiger partial charge in [-0.2, -0.15) is 0 Å². The second-order valence-electron chi connectivity index (χ2n) is 3.59. The topological polar surface area (TPSA) is 29.1 Å². The van der Waals surface area contributed by atoms with Gasteiger partial charge in [-0.1, -0.05) is 38.8 Å². The number of hydrogen-bond acceptors (Lipinski definition) is 1. The van der Waals surface area contributed by atoms with Gasteiger partial charge >= 0.3 is 0 Å². The molecule has 5 heteroatoms. The van der Waals surface area contributed by atoms with Gasteiger partial charge in [0, 0.05) is 16.3 Å². The molecule has 0 aliphatic rings. The maximum atomic E-state index is 13.3. The summed E-state index contributed by atoms with van der Waals surface area (Å²) in [6.07, 6.45) is 0. The maximum Gasteiger partial charge on any atom is 0.254 e. The van der Waals surface area contributed by atoms with Crippen molar-refractivity contribution in [3.8, 4) is 0 Å². The van der Waals surface area contributed by atoms with E-state index in [9.17, 15) is 9.18 Å².